The van der Waals surface area contributed by atoms with Gasteiger partial charge in [-0.3, -0.25) is 0 Å². The van der Waals surface area contributed by atoms with Gasteiger partial charge in [0, 0.05) is 25.7 Å². The number of fused-ring (bicyclic) bond motifs is 2. The Morgan fingerprint density at radius 3 is 1.57 bits per heavy atom. The summed E-state index contributed by atoms with van der Waals surface area (Å²) in [6, 6.07) is 23.6. The van der Waals surface area contributed by atoms with Crippen LogP contribution in [0.5, 0.6) is 0 Å². The largest absolute Gasteiger partial charge is 0.231 e. The first-order chi connectivity index (χ1) is 13.4. The van der Waals surface area contributed by atoms with Gasteiger partial charge in [0.1, 0.15) is 0 Å². The number of nitrogens with zero attached hydrogens (tertiary/aromatic N) is 1. The van der Waals surface area contributed by atoms with E-state index in [1.165, 1.54) is 43.2 Å². The predicted molar refractivity (Wildman–Crippen MR) is 103 cm³/mol. The molecule has 6 heteroatoms. The minimum atomic E-state index is -4.19. The molecule has 2 unspecified atom stereocenters. The van der Waals surface area contributed by atoms with Gasteiger partial charge in [-0.05, 0) is 17.5 Å². The number of halogens is 1. The first-order valence-electron chi connectivity index (χ1n) is 9.77. The van der Waals surface area contributed by atoms with Crippen LogP contribution in [0.3, 0.4) is 0 Å². The molecule has 2 fully saturated rings. The van der Waals surface area contributed by atoms with Gasteiger partial charge in [0.05, 0.1) is 12.8 Å². The first kappa shape index (κ1) is 21.0. The quantitative estimate of drug-likeness (QED) is 0.675. The van der Waals surface area contributed by atoms with Gasteiger partial charge in [0.15, 0.2) is 17.8 Å². The molecule has 2 heterocycles. The van der Waals surface area contributed by atoms with Crippen LogP contribution < -0.4 is 4.66 Å². The van der Waals surface area contributed by atoms with Crippen molar-refractivity contribution in [3.8, 4) is 0 Å². The van der Waals surface area contributed by atoms with E-state index in [1.807, 2.05) is 0 Å². The van der Waals surface area contributed by atoms with E-state index in [9.17, 15) is 0 Å². The van der Waals surface area contributed by atoms with Gasteiger partial charge in [0.2, 0.25) is 0 Å². The summed E-state index contributed by atoms with van der Waals surface area (Å²) < 4.78 is 33.0. The van der Waals surface area contributed by atoms with E-state index in [-0.39, 0.29) is 0 Å². The summed E-state index contributed by atoms with van der Waals surface area (Å²) in [6.07, 6.45) is 9.21. The number of benzene rings is 2. The molecule has 152 valence electrons. The van der Waals surface area contributed by atoms with Crippen LogP contribution in [0.4, 0.5) is 0 Å². The van der Waals surface area contributed by atoms with E-state index in [4.69, 9.17) is 18.6 Å². The van der Waals surface area contributed by atoms with Crippen LogP contribution in [0.1, 0.15) is 43.2 Å². The summed E-state index contributed by atoms with van der Waals surface area (Å²) in [4.78, 5) is 0. The number of rotatable bonds is 4. The van der Waals surface area contributed by atoms with Crippen LogP contribution in [-0.2, 0) is 12.8 Å². The predicted octanol–water partition coefficient (Wildman–Crippen LogP) is 1.78. The maximum atomic E-state index is 8.83. The van der Waals surface area contributed by atoms with Gasteiger partial charge in [0.25, 0.3) is 0 Å². The summed E-state index contributed by atoms with van der Waals surface area (Å²) in [5, 5.41) is 0. The van der Waals surface area contributed by atoms with Crippen molar-refractivity contribution in [1.29, 1.82) is 0 Å². The molecule has 3 N–H and O–H groups in total. The molecule has 0 aromatic heterocycles. The summed E-state index contributed by atoms with van der Waals surface area (Å²) in [7, 11) is -4.19. The van der Waals surface area contributed by atoms with Crippen molar-refractivity contribution in [3.05, 3.63) is 71.8 Å². The number of hydrogen-bond acceptors (Lipinski definition) is 4. The summed E-state index contributed by atoms with van der Waals surface area (Å²) >= 11 is 0. The molecule has 0 amide bonds. The van der Waals surface area contributed by atoms with E-state index >= 15 is 0 Å². The Balaban J connectivity index is 0.000000403. The van der Waals surface area contributed by atoms with Gasteiger partial charge in [-0.2, -0.15) is 0 Å². The second-order valence-corrected chi connectivity index (χ2v) is 8.42. The second-order valence-electron chi connectivity index (χ2n) is 7.55. The second kappa shape index (κ2) is 9.63. The maximum absolute atomic E-state index is 8.83. The van der Waals surface area contributed by atoms with Crippen molar-refractivity contribution in [2.75, 3.05) is 0 Å². The Bertz CT molecular complexity index is 707. The van der Waals surface area contributed by atoms with Crippen LogP contribution in [-0.4, -0.2) is 36.3 Å². The molecular formula is C22H29ClNO4+. The van der Waals surface area contributed by atoms with Crippen molar-refractivity contribution in [1.82, 2.24) is 0 Å². The molecule has 2 bridgehead atoms. The fraction of sp³-hybridized carbons (Fsp3) is 0.409. The molecule has 2 aliphatic heterocycles. The first-order valence-corrected chi connectivity index (χ1v) is 11.1. The molecule has 2 saturated heterocycles. The standard InChI is InChI=1S/C22H26N.ClH3O4/c1-3-8-18(9-4-1)16-22(17-19-10-5-2-6-11-19)23-20-12-7-13-21(23)15-14-20;2-1(3,4)5/h1-6,8-11,20-21H,7,12-17H2;2-4H/q+1;. The Labute approximate surface area is 168 Å². The SMILES string of the molecule is [O-][Cl+](O)(O)O.c1ccc(CC(Cc2ccccc2)=[N+]2C3CCCC2CC3)cc1. The molecule has 2 atom stereocenters. The summed E-state index contributed by atoms with van der Waals surface area (Å²) in [6.45, 7) is 0. The third kappa shape index (κ3) is 6.40. The van der Waals surface area contributed by atoms with Gasteiger partial charge in [-0.25, -0.2) is 4.58 Å². The zero-order valence-corrected chi connectivity index (χ0v) is 16.7. The van der Waals surface area contributed by atoms with Crippen molar-refractivity contribution < 1.29 is 33.5 Å². The van der Waals surface area contributed by atoms with Gasteiger partial charge >= 0.3 is 28.9 Å². The van der Waals surface area contributed by atoms with Crippen LogP contribution in [0.25, 0.3) is 0 Å². The van der Waals surface area contributed by atoms with Gasteiger partial charge in [-0.1, -0.05) is 60.7 Å². The molecule has 5 nitrogen and oxygen atoms in total. The summed E-state index contributed by atoms with van der Waals surface area (Å²) in [5.41, 5.74) is 4.53. The minimum absolute atomic E-state index is 0.802. The van der Waals surface area contributed by atoms with Gasteiger partial charge in [-0.15, -0.1) is 0 Å². The molecule has 2 aliphatic rings. The van der Waals surface area contributed by atoms with E-state index in [0.717, 1.165) is 24.9 Å². The normalized spacial score (nSPS) is 21.6. The average molecular weight is 407 g/mol. The molecular weight excluding hydrogens is 378 g/mol. The van der Waals surface area contributed by atoms with Crippen LogP contribution in [0.2, 0.25) is 0 Å². The van der Waals surface area contributed by atoms with Crippen molar-refractivity contribution >= 4 is 5.71 Å². The third-order valence-corrected chi connectivity index (χ3v) is 5.56. The molecule has 2 aromatic rings. The Morgan fingerprint density at radius 2 is 1.18 bits per heavy atom. The van der Waals surface area contributed by atoms with E-state index < -0.39 is 10.2 Å². The molecule has 0 saturated carbocycles. The smallest absolute Gasteiger partial charge is 0.161 e. The molecule has 4 rings (SSSR count). The molecule has 0 spiro atoms. The molecule has 0 aliphatic carbocycles. The Hall–Kier alpha value is -1.76. The van der Waals surface area contributed by atoms with E-state index in [1.54, 1.807) is 5.71 Å². The minimum Gasteiger partial charge on any atom is -0.231 e. The third-order valence-electron chi connectivity index (χ3n) is 5.56. The molecule has 28 heavy (non-hydrogen) atoms. The zero-order valence-electron chi connectivity index (χ0n) is 16.0. The van der Waals surface area contributed by atoms with E-state index in [0.29, 0.717) is 0 Å². The monoisotopic (exact) mass is 406 g/mol. The average Bonchev–Trinajstić information content (AvgIpc) is 2.90. The number of piperidine rings is 1. The fourth-order valence-electron chi connectivity index (χ4n) is 4.54. The van der Waals surface area contributed by atoms with Crippen LogP contribution >= 0.6 is 0 Å². The van der Waals surface area contributed by atoms with Crippen LogP contribution in [0.15, 0.2) is 60.7 Å². The van der Waals surface area contributed by atoms with Crippen molar-refractivity contribution in [2.24, 2.45) is 0 Å². The fourth-order valence-corrected chi connectivity index (χ4v) is 4.54. The maximum Gasteiger partial charge on any atom is 0.161 e. The Morgan fingerprint density at radius 1 is 0.786 bits per heavy atom. The van der Waals surface area contributed by atoms with Crippen molar-refractivity contribution in [3.63, 3.8) is 0 Å². The molecule has 2 aromatic carbocycles. The molecule has 0 radical (unpaired) electrons. The topological polar surface area (TPSA) is 86.8 Å². The zero-order chi connectivity index (χ0) is 20.0. The van der Waals surface area contributed by atoms with Gasteiger partial charge < -0.3 is 0 Å². The summed E-state index contributed by atoms with van der Waals surface area (Å²) in [5.74, 6) is 0. The Kier molecular flexibility index (Phi) is 7.21. The van der Waals surface area contributed by atoms with Crippen LogP contribution in [0, 0.1) is 10.2 Å². The number of hydrogen-bond donors (Lipinski definition) is 3. The van der Waals surface area contributed by atoms with E-state index in [2.05, 4.69) is 65.2 Å². The van der Waals surface area contributed by atoms with Crippen molar-refractivity contribution in [2.45, 2.75) is 57.0 Å².